The molecule has 0 bridgehead atoms. The van der Waals surface area contributed by atoms with E-state index in [1.165, 1.54) is 0 Å². The molecule has 2 heterocycles. The monoisotopic (exact) mass is 368 g/mol. The number of Topliss-reactive ketones (excluding diaryl/α,β-unsaturated/α-hetero) is 1. The quantitative estimate of drug-likeness (QED) is 0.819. The third kappa shape index (κ3) is 3.12. The molecule has 2 aromatic carbocycles. The number of rotatable bonds is 2. The number of carbonyl (C=O) groups excluding carboxylic acids is 1. The van der Waals surface area contributed by atoms with E-state index in [9.17, 15) is 4.79 Å². The van der Waals surface area contributed by atoms with Crippen molar-refractivity contribution in [2.24, 2.45) is 0 Å². The minimum Gasteiger partial charge on any atom is -0.497 e. The smallest absolute Gasteiger partial charge is 0.173 e. The Labute approximate surface area is 157 Å². The summed E-state index contributed by atoms with van der Waals surface area (Å²) in [5, 5.41) is 3.91. The number of ketones is 1. The van der Waals surface area contributed by atoms with Gasteiger partial charge in [-0.05, 0) is 42.5 Å². The van der Waals surface area contributed by atoms with Crippen molar-refractivity contribution in [2.45, 2.75) is 18.4 Å². The van der Waals surface area contributed by atoms with Crippen molar-refractivity contribution in [2.75, 3.05) is 25.5 Å². The van der Waals surface area contributed by atoms with Crippen molar-refractivity contribution >= 4 is 28.8 Å². The van der Waals surface area contributed by atoms with Gasteiger partial charge in [-0.15, -0.1) is 0 Å². The molecule has 1 fully saturated rings. The lowest BCUT2D eigenvalue weighted by molar-refractivity contribution is 0.0494. The fraction of sp³-hybridized carbons (Fsp3) is 0.300. The molecule has 1 N–H and O–H groups in total. The van der Waals surface area contributed by atoms with E-state index in [-0.39, 0.29) is 5.78 Å². The molecule has 2 aromatic rings. The Balaban J connectivity index is 1.49. The molecule has 1 unspecified atom stereocenters. The van der Waals surface area contributed by atoms with Crippen molar-refractivity contribution in [3.8, 4) is 11.5 Å². The minimum absolute atomic E-state index is 0.0916. The molecule has 134 valence electrons. The first-order valence-corrected chi connectivity index (χ1v) is 9.01. The number of carbonyl (C=O) groups is 1. The van der Waals surface area contributed by atoms with Crippen LogP contribution in [0.5, 0.6) is 11.5 Å². The normalized spacial score (nSPS) is 21.3. The third-order valence-corrected chi connectivity index (χ3v) is 5.29. The van der Waals surface area contributed by atoms with E-state index < -0.39 is 5.60 Å². The van der Waals surface area contributed by atoms with Crippen LogP contribution in [0.2, 0.25) is 0 Å². The van der Waals surface area contributed by atoms with Gasteiger partial charge in [-0.1, -0.05) is 18.2 Å². The van der Waals surface area contributed by atoms with Crippen molar-refractivity contribution in [3.05, 3.63) is 54.1 Å². The molecule has 26 heavy (non-hydrogen) atoms. The highest BCUT2D eigenvalue weighted by molar-refractivity contribution is 7.80. The lowest BCUT2D eigenvalue weighted by atomic mass is 9.89. The molecule has 0 amide bonds. The van der Waals surface area contributed by atoms with E-state index in [0.717, 1.165) is 18.7 Å². The van der Waals surface area contributed by atoms with Crippen LogP contribution in [-0.4, -0.2) is 41.6 Å². The second-order valence-electron chi connectivity index (χ2n) is 6.71. The predicted molar refractivity (Wildman–Crippen MR) is 104 cm³/mol. The lowest BCUT2D eigenvalue weighted by Gasteiger charge is -2.35. The SMILES string of the molecule is COc1ccc2c(c1)C(=O)CC1(CCN(C(=S)Nc3ccccc3)C1)O2. The number of likely N-dealkylation sites (tertiary alicyclic amines) is 1. The van der Waals surface area contributed by atoms with Gasteiger partial charge in [0.15, 0.2) is 10.9 Å². The summed E-state index contributed by atoms with van der Waals surface area (Å²) >= 11 is 5.55. The summed E-state index contributed by atoms with van der Waals surface area (Å²) in [7, 11) is 1.59. The molecule has 2 aliphatic heterocycles. The van der Waals surface area contributed by atoms with Crippen LogP contribution in [0.3, 0.4) is 0 Å². The number of nitrogens with zero attached hydrogens (tertiary/aromatic N) is 1. The van der Waals surface area contributed by atoms with Crippen molar-refractivity contribution < 1.29 is 14.3 Å². The topological polar surface area (TPSA) is 50.8 Å². The molecule has 0 aromatic heterocycles. The van der Waals surface area contributed by atoms with Gasteiger partial charge in [-0.3, -0.25) is 4.79 Å². The van der Waals surface area contributed by atoms with E-state index in [0.29, 0.717) is 35.1 Å². The first-order valence-electron chi connectivity index (χ1n) is 8.60. The summed E-state index contributed by atoms with van der Waals surface area (Å²) in [6.45, 7) is 1.36. The molecule has 1 saturated heterocycles. The second-order valence-corrected chi connectivity index (χ2v) is 7.10. The van der Waals surface area contributed by atoms with Gasteiger partial charge in [0, 0.05) is 18.7 Å². The standard InChI is InChI=1S/C20H20N2O3S/c1-24-15-7-8-18-16(11-15)17(23)12-20(25-18)9-10-22(13-20)19(26)21-14-5-3-2-4-6-14/h2-8,11H,9-10,12-13H2,1H3,(H,21,26). The summed E-state index contributed by atoms with van der Waals surface area (Å²) < 4.78 is 11.5. The van der Waals surface area contributed by atoms with Crippen LogP contribution < -0.4 is 14.8 Å². The van der Waals surface area contributed by atoms with Crippen LogP contribution in [0, 0.1) is 0 Å². The summed E-state index contributed by atoms with van der Waals surface area (Å²) in [6, 6.07) is 15.2. The fourth-order valence-electron chi connectivity index (χ4n) is 3.57. The Morgan fingerprint density at radius 3 is 2.85 bits per heavy atom. The minimum atomic E-state index is -0.513. The molecule has 1 spiro atoms. The van der Waals surface area contributed by atoms with Crippen LogP contribution in [0.25, 0.3) is 0 Å². The maximum atomic E-state index is 12.7. The molecule has 5 nitrogen and oxygen atoms in total. The first kappa shape index (κ1) is 16.8. The van der Waals surface area contributed by atoms with Gasteiger partial charge >= 0.3 is 0 Å². The molecular weight excluding hydrogens is 348 g/mol. The number of fused-ring (bicyclic) bond motifs is 1. The van der Waals surface area contributed by atoms with Crippen molar-refractivity contribution in [1.82, 2.24) is 4.90 Å². The molecule has 6 heteroatoms. The van der Waals surface area contributed by atoms with Crippen molar-refractivity contribution in [3.63, 3.8) is 0 Å². The van der Waals surface area contributed by atoms with E-state index >= 15 is 0 Å². The number of methoxy groups -OCH3 is 1. The highest BCUT2D eigenvalue weighted by Crippen LogP contribution is 2.40. The number of thiocarbonyl (C=S) groups is 1. The first-order chi connectivity index (χ1) is 12.6. The summed E-state index contributed by atoms with van der Waals surface area (Å²) in [6.07, 6.45) is 1.12. The van der Waals surface area contributed by atoms with Crippen LogP contribution in [0.4, 0.5) is 5.69 Å². The van der Waals surface area contributed by atoms with E-state index in [4.69, 9.17) is 21.7 Å². The molecular formula is C20H20N2O3S. The molecule has 4 rings (SSSR count). The maximum absolute atomic E-state index is 12.7. The molecule has 1 atom stereocenters. The zero-order valence-electron chi connectivity index (χ0n) is 14.5. The average molecular weight is 368 g/mol. The number of hydrogen-bond donors (Lipinski definition) is 1. The summed E-state index contributed by atoms with van der Waals surface area (Å²) in [5.74, 6) is 1.39. The third-order valence-electron chi connectivity index (χ3n) is 4.92. The number of hydrogen-bond acceptors (Lipinski definition) is 4. The van der Waals surface area contributed by atoms with E-state index in [1.807, 2.05) is 42.5 Å². The lowest BCUT2D eigenvalue weighted by Crippen LogP contribution is -2.45. The predicted octanol–water partition coefficient (Wildman–Crippen LogP) is 3.50. The highest BCUT2D eigenvalue weighted by atomic mass is 32.1. The number of ether oxygens (including phenoxy) is 2. The fourth-order valence-corrected chi connectivity index (χ4v) is 3.84. The molecule has 0 saturated carbocycles. The largest absolute Gasteiger partial charge is 0.497 e. The molecule has 2 aliphatic rings. The zero-order valence-corrected chi connectivity index (χ0v) is 15.3. The zero-order chi connectivity index (χ0) is 18.1. The van der Waals surface area contributed by atoms with Gasteiger partial charge in [0.1, 0.15) is 17.1 Å². The number of benzene rings is 2. The number of para-hydroxylation sites is 1. The van der Waals surface area contributed by atoms with Crippen LogP contribution in [0.15, 0.2) is 48.5 Å². The van der Waals surface area contributed by atoms with Crippen molar-refractivity contribution in [1.29, 1.82) is 0 Å². The Kier molecular flexibility index (Phi) is 4.28. The van der Waals surface area contributed by atoms with Gasteiger partial charge in [-0.2, -0.15) is 0 Å². The maximum Gasteiger partial charge on any atom is 0.173 e. The Bertz CT molecular complexity index is 855. The van der Waals surface area contributed by atoms with E-state index in [2.05, 4.69) is 10.2 Å². The van der Waals surface area contributed by atoms with Gasteiger partial charge in [0.05, 0.1) is 25.6 Å². The van der Waals surface area contributed by atoms with Crippen LogP contribution in [0.1, 0.15) is 23.2 Å². The van der Waals surface area contributed by atoms with Gasteiger partial charge in [0.25, 0.3) is 0 Å². The Morgan fingerprint density at radius 2 is 2.08 bits per heavy atom. The number of nitrogens with one attached hydrogen (secondary N) is 1. The Hall–Kier alpha value is -2.60. The van der Waals surface area contributed by atoms with E-state index in [1.54, 1.807) is 13.2 Å². The Morgan fingerprint density at radius 1 is 1.27 bits per heavy atom. The van der Waals surface area contributed by atoms with Crippen LogP contribution in [-0.2, 0) is 0 Å². The van der Waals surface area contributed by atoms with Gasteiger partial charge in [0.2, 0.25) is 0 Å². The molecule has 0 radical (unpaired) electrons. The highest BCUT2D eigenvalue weighted by Gasteiger charge is 2.46. The molecule has 0 aliphatic carbocycles. The van der Waals surface area contributed by atoms with Gasteiger partial charge in [-0.25, -0.2) is 0 Å². The average Bonchev–Trinajstić information content (AvgIpc) is 3.05. The summed E-state index contributed by atoms with van der Waals surface area (Å²) in [5.41, 5.74) is 1.04. The van der Waals surface area contributed by atoms with Crippen LogP contribution >= 0.6 is 12.2 Å². The second kappa shape index (κ2) is 6.61. The van der Waals surface area contributed by atoms with Gasteiger partial charge < -0.3 is 19.7 Å². The number of anilines is 1. The summed E-state index contributed by atoms with van der Waals surface area (Å²) in [4.78, 5) is 14.8.